The maximum atomic E-state index is 12.0. The lowest BCUT2D eigenvalue weighted by molar-refractivity contribution is -0.385. The molecule has 0 bridgehead atoms. The summed E-state index contributed by atoms with van der Waals surface area (Å²) in [6.45, 7) is 1.46. The standard InChI is InChI=1S/C17H14N2O8/c1-11(17(21)27-15-8-4-13(5-9-15)19(24)25)10-16(20)26-14-6-2-12(3-7-14)18(22)23/h2-9,11H,10H2,1H3. The number of hydrogen-bond acceptors (Lipinski definition) is 8. The van der Waals surface area contributed by atoms with Crippen LogP contribution in [0.5, 0.6) is 11.5 Å². The molecule has 0 N–H and O–H groups in total. The lowest BCUT2D eigenvalue weighted by atomic mass is 10.1. The maximum absolute atomic E-state index is 12.0. The van der Waals surface area contributed by atoms with Gasteiger partial charge in [-0.05, 0) is 24.3 Å². The normalized spacial score (nSPS) is 11.3. The number of carbonyl (C=O) groups excluding carboxylic acids is 2. The number of non-ortho nitro benzene ring substituents is 2. The average molecular weight is 374 g/mol. The Hall–Kier alpha value is -3.82. The zero-order valence-electron chi connectivity index (χ0n) is 14.1. The molecule has 0 aromatic heterocycles. The number of ether oxygens (including phenoxy) is 2. The number of nitro benzene ring substituents is 2. The molecule has 0 amide bonds. The van der Waals surface area contributed by atoms with Crippen LogP contribution in [0.2, 0.25) is 0 Å². The summed E-state index contributed by atoms with van der Waals surface area (Å²) in [6.07, 6.45) is -0.275. The van der Waals surface area contributed by atoms with Crippen molar-refractivity contribution in [2.24, 2.45) is 5.92 Å². The van der Waals surface area contributed by atoms with E-state index in [0.717, 1.165) is 0 Å². The summed E-state index contributed by atoms with van der Waals surface area (Å²) in [5, 5.41) is 21.1. The van der Waals surface area contributed by atoms with Crippen molar-refractivity contribution in [1.29, 1.82) is 0 Å². The molecule has 0 fully saturated rings. The Bertz CT molecular complexity index is 862. The molecule has 10 heteroatoms. The van der Waals surface area contributed by atoms with Crippen molar-refractivity contribution in [3.8, 4) is 11.5 Å². The second-order valence-electron chi connectivity index (χ2n) is 5.50. The maximum Gasteiger partial charge on any atom is 0.314 e. The van der Waals surface area contributed by atoms with Gasteiger partial charge in [0.2, 0.25) is 0 Å². The van der Waals surface area contributed by atoms with Gasteiger partial charge in [0.25, 0.3) is 11.4 Å². The first-order valence-corrected chi connectivity index (χ1v) is 7.67. The van der Waals surface area contributed by atoms with Gasteiger partial charge in [0.15, 0.2) is 0 Å². The number of rotatable bonds is 7. The van der Waals surface area contributed by atoms with Crippen LogP contribution in [0, 0.1) is 26.1 Å². The van der Waals surface area contributed by atoms with Gasteiger partial charge >= 0.3 is 11.9 Å². The third-order valence-corrected chi connectivity index (χ3v) is 3.42. The molecule has 2 aromatic rings. The van der Waals surface area contributed by atoms with Crippen molar-refractivity contribution in [3.63, 3.8) is 0 Å². The predicted octanol–water partition coefficient (Wildman–Crippen LogP) is 3.04. The monoisotopic (exact) mass is 374 g/mol. The third-order valence-electron chi connectivity index (χ3n) is 3.42. The lowest BCUT2D eigenvalue weighted by Gasteiger charge is -2.11. The highest BCUT2D eigenvalue weighted by atomic mass is 16.6. The predicted molar refractivity (Wildman–Crippen MR) is 91.2 cm³/mol. The van der Waals surface area contributed by atoms with E-state index in [0.29, 0.717) is 0 Å². The summed E-state index contributed by atoms with van der Waals surface area (Å²) in [5.41, 5.74) is -0.288. The van der Waals surface area contributed by atoms with Crippen LogP contribution in [0.4, 0.5) is 11.4 Å². The summed E-state index contributed by atoms with van der Waals surface area (Å²) in [5.74, 6) is -2.02. The SMILES string of the molecule is CC(CC(=O)Oc1ccc([N+](=O)[O-])cc1)C(=O)Oc1ccc([N+](=O)[O-])cc1. The zero-order valence-corrected chi connectivity index (χ0v) is 14.1. The van der Waals surface area contributed by atoms with E-state index in [4.69, 9.17) is 9.47 Å². The van der Waals surface area contributed by atoms with Gasteiger partial charge in [0, 0.05) is 24.3 Å². The Kier molecular flexibility index (Phi) is 6.15. The molecule has 0 aliphatic carbocycles. The second-order valence-corrected chi connectivity index (χ2v) is 5.50. The van der Waals surface area contributed by atoms with Crippen LogP contribution in [0.3, 0.4) is 0 Å². The van der Waals surface area contributed by atoms with Gasteiger partial charge in [0.05, 0.1) is 22.2 Å². The lowest BCUT2D eigenvalue weighted by Crippen LogP contribution is -2.22. The number of esters is 2. The summed E-state index contributed by atoms with van der Waals surface area (Å²) in [4.78, 5) is 43.9. The van der Waals surface area contributed by atoms with Gasteiger partial charge in [0.1, 0.15) is 11.5 Å². The number of carbonyl (C=O) groups is 2. The van der Waals surface area contributed by atoms with Gasteiger partial charge in [-0.25, -0.2) is 0 Å². The fraction of sp³-hybridized carbons (Fsp3) is 0.176. The molecule has 0 spiro atoms. The Morgan fingerprint density at radius 2 is 1.26 bits per heavy atom. The van der Waals surface area contributed by atoms with Gasteiger partial charge < -0.3 is 9.47 Å². The molecule has 27 heavy (non-hydrogen) atoms. The Morgan fingerprint density at radius 1 is 0.852 bits per heavy atom. The topological polar surface area (TPSA) is 139 Å². The zero-order chi connectivity index (χ0) is 20.0. The van der Waals surface area contributed by atoms with Crippen LogP contribution >= 0.6 is 0 Å². The highest BCUT2D eigenvalue weighted by molar-refractivity contribution is 5.82. The second kappa shape index (κ2) is 8.52. The quantitative estimate of drug-likeness (QED) is 0.312. The Balaban J connectivity index is 1.88. The van der Waals surface area contributed by atoms with Crippen molar-refractivity contribution in [3.05, 3.63) is 68.8 Å². The number of nitrogens with zero attached hydrogens (tertiary/aromatic N) is 2. The molecular weight excluding hydrogens is 360 g/mol. The van der Waals surface area contributed by atoms with Gasteiger partial charge in [-0.15, -0.1) is 0 Å². The molecule has 1 atom stereocenters. The molecule has 0 radical (unpaired) electrons. The van der Waals surface area contributed by atoms with Crippen LogP contribution in [0.1, 0.15) is 13.3 Å². The highest BCUT2D eigenvalue weighted by Gasteiger charge is 2.21. The van der Waals surface area contributed by atoms with Crippen molar-refractivity contribution < 1.29 is 28.9 Å². The molecule has 2 aromatic carbocycles. The van der Waals surface area contributed by atoms with Crippen molar-refractivity contribution in [1.82, 2.24) is 0 Å². The Morgan fingerprint density at radius 3 is 1.67 bits per heavy atom. The van der Waals surface area contributed by atoms with E-state index in [-0.39, 0.29) is 29.3 Å². The summed E-state index contributed by atoms with van der Waals surface area (Å²) < 4.78 is 10.1. The average Bonchev–Trinajstić information content (AvgIpc) is 2.62. The van der Waals surface area contributed by atoms with Crippen LogP contribution in [-0.2, 0) is 9.59 Å². The highest BCUT2D eigenvalue weighted by Crippen LogP contribution is 2.20. The van der Waals surface area contributed by atoms with Crippen molar-refractivity contribution in [2.45, 2.75) is 13.3 Å². The summed E-state index contributed by atoms with van der Waals surface area (Å²) in [6, 6.07) is 9.86. The molecule has 0 saturated carbocycles. The Labute approximate surface area is 152 Å². The van der Waals surface area contributed by atoms with Crippen molar-refractivity contribution in [2.75, 3.05) is 0 Å². The van der Waals surface area contributed by atoms with Crippen LogP contribution in [-0.4, -0.2) is 21.8 Å². The molecule has 0 heterocycles. The molecule has 140 valence electrons. The van der Waals surface area contributed by atoms with E-state index in [2.05, 4.69) is 0 Å². The number of nitro groups is 2. The molecule has 0 aliphatic rings. The van der Waals surface area contributed by atoms with Gasteiger partial charge in [-0.3, -0.25) is 29.8 Å². The van der Waals surface area contributed by atoms with E-state index in [1.54, 1.807) is 0 Å². The minimum Gasteiger partial charge on any atom is -0.427 e. The van der Waals surface area contributed by atoms with Gasteiger partial charge in [-0.1, -0.05) is 6.92 Å². The third kappa shape index (κ3) is 5.59. The fourth-order valence-corrected chi connectivity index (χ4v) is 1.99. The van der Waals surface area contributed by atoms with Crippen LogP contribution < -0.4 is 9.47 Å². The molecule has 2 rings (SSSR count). The minimum atomic E-state index is -0.828. The molecular formula is C17H14N2O8. The fourth-order valence-electron chi connectivity index (χ4n) is 1.99. The van der Waals surface area contributed by atoms with E-state index in [1.165, 1.54) is 55.5 Å². The largest absolute Gasteiger partial charge is 0.427 e. The molecule has 0 saturated heterocycles. The molecule has 0 aliphatic heterocycles. The number of benzene rings is 2. The molecule has 10 nitrogen and oxygen atoms in total. The van der Waals surface area contributed by atoms with Crippen molar-refractivity contribution >= 4 is 23.3 Å². The summed E-state index contributed by atoms with van der Waals surface area (Å²) in [7, 11) is 0. The van der Waals surface area contributed by atoms with E-state index >= 15 is 0 Å². The first kappa shape index (κ1) is 19.5. The minimum absolute atomic E-state index is 0.112. The molecule has 1 unspecified atom stereocenters. The van der Waals surface area contributed by atoms with E-state index in [1.807, 2.05) is 0 Å². The summed E-state index contributed by atoms with van der Waals surface area (Å²) >= 11 is 0. The van der Waals surface area contributed by atoms with Crippen LogP contribution in [0.15, 0.2) is 48.5 Å². The van der Waals surface area contributed by atoms with E-state index < -0.39 is 27.7 Å². The first-order valence-electron chi connectivity index (χ1n) is 7.67. The number of hydrogen-bond donors (Lipinski definition) is 0. The van der Waals surface area contributed by atoms with E-state index in [9.17, 15) is 29.8 Å². The first-order chi connectivity index (χ1) is 12.8. The van der Waals surface area contributed by atoms with Gasteiger partial charge in [-0.2, -0.15) is 0 Å². The smallest absolute Gasteiger partial charge is 0.314 e. The van der Waals surface area contributed by atoms with Crippen LogP contribution in [0.25, 0.3) is 0 Å².